The highest BCUT2D eigenvalue weighted by molar-refractivity contribution is 9.10. The molecule has 1 N–H and O–H groups in total. The Morgan fingerprint density at radius 3 is 3.07 bits per heavy atom. The third kappa shape index (κ3) is 2.69. The number of pyridine rings is 1. The van der Waals surface area contributed by atoms with E-state index in [-0.39, 0.29) is 0 Å². The lowest BCUT2D eigenvalue weighted by Crippen LogP contribution is -2.44. The first-order valence-corrected chi connectivity index (χ1v) is 6.12. The predicted octanol–water partition coefficient (Wildman–Crippen LogP) is 2.03. The molecule has 3 nitrogen and oxygen atoms in total. The zero-order valence-corrected chi connectivity index (χ0v) is 10.5. The number of hydrogen-bond donors (Lipinski definition) is 1. The average molecular weight is 270 g/mol. The van der Waals surface area contributed by atoms with E-state index in [4.69, 9.17) is 0 Å². The molecule has 0 saturated carbocycles. The van der Waals surface area contributed by atoms with Crippen molar-refractivity contribution in [3.8, 4) is 0 Å². The number of halogens is 1. The van der Waals surface area contributed by atoms with Gasteiger partial charge in [0.25, 0.3) is 0 Å². The summed E-state index contributed by atoms with van der Waals surface area (Å²) in [5.41, 5.74) is 1.22. The maximum atomic E-state index is 4.26. The third-order valence-corrected chi connectivity index (χ3v) is 3.38. The molecule has 1 fully saturated rings. The average Bonchev–Trinajstić information content (AvgIpc) is 2.30. The molecule has 2 heterocycles. The van der Waals surface area contributed by atoms with Crippen LogP contribution in [0.1, 0.15) is 12.8 Å². The lowest BCUT2D eigenvalue weighted by Gasteiger charge is -2.34. The van der Waals surface area contributed by atoms with Crippen molar-refractivity contribution in [3.63, 3.8) is 0 Å². The molecule has 0 amide bonds. The zero-order chi connectivity index (χ0) is 10.7. The number of rotatable bonds is 2. The van der Waals surface area contributed by atoms with E-state index in [0.29, 0.717) is 6.04 Å². The van der Waals surface area contributed by atoms with Crippen molar-refractivity contribution >= 4 is 21.6 Å². The van der Waals surface area contributed by atoms with Crippen molar-refractivity contribution < 1.29 is 0 Å². The van der Waals surface area contributed by atoms with Crippen LogP contribution in [-0.4, -0.2) is 31.2 Å². The van der Waals surface area contributed by atoms with Crippen LogP contribution in [0.5, 0.6) is 0 Å². The second-order valence-corrected chi connectivity index (χ2v) is 4.73. The predicted molar refractivity (Wildman–Crippen MR) is 66.2 cm³/mol. The monoisotopic (exact) mass is 269 g/mol. The van der Waals surface area contributed by atoms with E-state index < -0.39 is 0 Å². The van der Waals surface area contributed by atoms with E-state index in [1.54, 1.807) is 0 Å². The van der Waals surface area contributed by atoms with Gasteiger partial charge < -0.3 is 10.2 Å². The molecular formula is C11H16BrN3. The van der Waals surface area contributed by atoms with Gasteiger partial charge in [0.2, 0.25) is 0 Å². The first-order valence-electron chi connectivity index (χ1n) is 5.33. The van der Waals surface area contributed by atoms with E-state index >= 15 is 0 Å². The second-order valence-electron chi connectivity index (χ2n) is 3.91. The highest BCUT2D eigenvalue weighted by Crippen LogP contribution is 2.20. The van der Waals surface area contributed by atoms with Crippen molar-refractivity contribution in [2.24, 2.45) is 0 Å². The summed E-state index contributed by atoms with van der Waals surface area (Å²) in [6.07, 6.45) is 4.46. The van der Waals surface area contributed by atoms with Gasteiger partial charge in [-0.1, -0.05) is 0 Å². The minimum atomic E-state index is 0.613. The summed E-state index contributed by atoms with van der Waals surface area (Å²) in [7, 11) is 2.04. The summed E-state index contributed by atoms with van der Waals surface area (Å²) in [4.78, 5) is 6.65. The molecule has 1 atom stereocenters. The molecule has 2 rings (SSSR count). The fraction of sp³-hybridized carbons (Fsp3) is 0.545. The molecule has 1 aliphatic heterocycles. The van der Waals surface area contributed by atoms with Gasteiger partial charge in [0.15, 0.2) is 0 Å². The molecule has 1 saturated heterocycles. The van der Waals surface area contributed by atoms with Gasteiger partial charge in [-0.15, -0.1) is 0 Å². The van der Waals surface area contributed by atoms with Crippen LogP contribution in [0, 0.1) is 0 Å². The molecule has 0 aliphatic carbocycles. The Balaban J connectivity index is 2.06. The fourth-order valence-electron chi connectivity index (χ4n) is 2.00. The van der Waals surface area contributed by atoms with Crippen molar-refractivity contribution in [1.29, 1.82) is 0 Å². The molecule has 0 spiro atoms. The number of anilines is 1. The molecule has 0 aromatic carbocycles. The van der Waals surface area contributed by atoms with Gasteiger partial charge in [-0.3, -0.25) is 0 Å². The van der Waals surface area contributed by atoms with Crippen LogP contribution in [-0.2, 0) is 0 Å². The first-order chi connectivity index (χ1) is 7.29. The molecule has 82 valence electrons. The minimum Gasteiger partial charge on any atom is -0.369 e. The molecule has 0 unspecified atom stereocenters. The van der Waals surface area contributed by atoms with Crippen LogP contribution in [0.2, 0.25) is 0 Å². The van der Waals surface area contributed by atoms with Crippen molar-refractivity contribution in [2.75, 3.05) is 25.0 Å². The maximum absolute atomic E-state index is 4.26. The number of nitrogens with one attached hydrogen (secondary N) is 1. The first kappa shape index (κ1) is 10.9. The van der Waals surface area contributed by atoms with Crippen molar-refractivity contribution in [2.45, 2.75) is 18.9 Å². The summed E-state index contributed by atoms with van der Waals surface area (Å²) >= 11 is 3.35. The molecule has 0 bridgehead atoms. The topological polar surface area (TPSA) is 28.2 Å². The van der Waals surface area contributed by atoms with Gasteiger partial charge in [-0.25, -0.2) is 4.98 Å². The van der Waals surface area contributed by atoms with E-state index in [0.717, 1.165) is 17.7 Å². The zero-order valence-electron chi connectivity index (χ0n) is 8.91. The van der Waals surface area contributed by atoms with Gasteiger partial charge in [0.1, 0.15) is 4.60 Å². The summed E-state index contributed by atoms with van der Waals surface area (Å²) < 4.78 is 0.897. The lowest BCUT2D eigenvalue weighted by atomic mass is 10.1. The van der Waals surface area contributed by atoms with Gasteiger partial charge >= 0.3 is 0 Å². The van der Waals surface area contributed by atoms with Crippen LogP contribution >= 0.6 is 15.9 Å². The Labute approximate surface area is 99.0 Å². The number of hydrogen-bond acceptors (Lipinski definition) is 3. The van der Waals surface area contributed by atoms with Crippen LogP contribution in [0.4, 0.5) is 5.69 Å². The van der Waals surface area contributed by atoms with Crippen molar-refractivity contribution in [3.05, 3.63) is 22.9 Å². The summed E-state index contributed by atoms with van der Waals surface area (Å²) in [5, 5.41) is 3.34. The van der Waals surface area contributed by atoms with Crippen LogP contribution < -0.4 is 10.2 Å². The van der Waals surface area contributed by atoms with Gasteiger partial charge in [-0.05, 0) is 48.0 Å². The summed E-state index contributed by atoms with van der Waals surface area (Å²) in [6, 6.07) is 4.73. The largest absolute Gasteiger partial charge is 0.369 e. The molecule has 0 radical (unpaired) electrons. The molecule has 4 heteroatoms. The standard InChI is InChI=1S/C11H16BrN3/c1-13-9-3-2-6-15(8-9)10-4-5-11(12)14-7-10/h4-5,7,9,13H,2-3,6,8H2,1H3/t9-/m0/s1. The van der Waals surface area contributed by atoms with E-state index in [1.807, 2.05) is 19.3 Å². The van der Waals surface area contributed by atoms with Crippen LogP contribution in [0.15, 0.2) is 22.9 Å². The fourth-order valence-corrected chi connectivity index (χ4v) is 2.24. The molecule has 15 heavy (non-hydrogen) atoms. The lowest BCUT2D eigenvalue weighted by molar-refractivity contribution is 0.449. The Bertz CT molecular complexity index is 312. The number of likely N-dealkylation sites (N-methyl/N-ethyl adjacent to an activating group) is 1. The van der Waals surface area contributed by atoms with E-state index in [2.05, 4.69) is 37.2 Å². The number of nitrogens with zero attached hydrogens (tertiary/aromatic N) is 2. The Morgan fingerprint density at radius 2 is 2.40 bits per heavy atom. The van der Waals surface area contributed by atoms with Gasteiger partial charge in [0, 0.05) is 19.1 Å². The summed E-state index contributed by atoms with van der Waals surface area (Å²) in [5.74, 6) is 0. The van der Waals surface area contributed by atoms with E-state index in [1.165, 1.54) is 18.5 Å². The molecule has 1 aromatic rings. The number of piperidine rings is 1. The normalized spacial score (nSPS) is 21.7. The second kappa shape index (κ2) is 4.94. The van der Waals surface area contributed by atoms with Crippen LogP contribution in [0.25, 0.3) is 0 Å². The summed E-state index contributed by atoms with van der Waals surface area (Å²) in [6.45, 7) is 2.22. The smallest absolute Gasteiger partial charge is 0.106 e. The Kier molecular flexibility index (Phi) is 3.59. The minimum absolute atomic E-state index is 0.613. The molecule has 1 aliphatic rings. The van der Waals surface area contributed by atoms with E-state index in [9.17, 15) is 0 Å². The third-order valence-electron chi connectivity index (χ3n) is 2.91. The van der Waals surface area contributed by atoms with Crippen LogP contribution in [0.3, 0.4) is 0 Å². The number of aromatic nitrogens is 1. The van der Waals surface area contributed by atoms with Gasteiger partial charge in [0.05, 0.1) is 11.9 Å². The highest BCUT2D eigenvalue weighted by Gasteiger charge is 2.18. The Morgan fingerprint density at radius 1 is 1.53 bits per heavy atom. The Hall–Kier alpha value is -0.610. The maximum Gasteiger partial charge on any atom is 0.106 e. The highest BCUT2D eigenvalue weighted by atomic mass is 79.9. The quantitative estimate of drug-likeness (QED) is 0.833. The molecule has 1 aromatic heterocycles. The van der Waals surface area contributed by atoms with Crippen molar-refractivity contribution in [1.82, 2.24) is 10.3 Å². The SMILES string of the molecule is CN[C@H]1CCCN(c2ccc(Br)nc2)C1. The van der Waals surface area contributed by atoms with Gasteiger partial charge in [-0.2, -0.15) is 0 Å². The molecular weight excluding hydrogens is 254 g/mol.